The van der Waals surface area contributed by atoms with Crippen molar-refractivity contribution in [3.05, 3.63) is 64.7 Å². The van der Waals surface area contributed by atoms with E-state index in [4.69, 9.17) is 4.74 Å². The Bertz CT molecular complexity index is 1140. The molecular weight excluding hydrogens is 414 g/mol. The standard InChI is InChI=1S/C23H21N3O6/c1-12(13-6-8-14(9-7-13)23(31)32-2)24-16-5-3-4-15-19(16)22(30)26(21(15)29)17-10-11-18(27)25-20(17)28/h3-9,12,17,24H,10-11H2,1-2H3,(H,25,27,28)/t12-,17?/m0/s1. The van der Waals surface area contributed by atoms with Gasteiger partial charge in [-0.15, -0.1) is 0 Å². The monoisotopic (exact) mass is 435 g/mol. The molecule has 0 radical (unpaired) electrons. The first kappa shape index (κ1) is 21.2. The third kappa shape index (κ3) is 3.62. The Morgan fingerprint density at radius 3 is 2.47 bits per heavy atom. The number of esters is 1. The minimum Gasteiger partial charge on any atom is -0.465 e. The average Bonchev–Trinajstić information content (AvgIpc) is 3.04. The van der Waals surface area contributed by atoms with Crippen LogP contribution in [-0.2, 0) is 14.3 Å². The van der Waals surface area contributed by atoms with Crippen molar-refractivity contribution >= 4 is 35.3 Å². The Kier molecular flexibility index (Phi) is 5.48. The molecule has 0 aliphatic carbocycles. The Labute approximate surface area is 183 Å². The maximum Gasteiger partial charge on any atom is 0.337 e. The van der Waals surface area contributed by atoms with Gasteiger partial charge in [0.25, 0.3) is 11.8 Å². The van der Waals surface area contributed by atoms with Crippen LogP contribution in [0.25, 0.3) is 0 Å². The van der Waals surface area contributed by atoms with E-state index >= 15 is 0 Å². The van der Waals surface area contributed by atoms with Crippen molar-refractivity contribution in [1.82, 2.24) is 10.2 Å². The molecule has 164 valence electrons. The van der Waals surface area contributed by atoms with Gasteiger partial charge in [0.2, 0.25) is 11.8 Å². The topological polar surface area (TPSA) is 122 Å². The predicted molar refractivity (Wildman–Crippen MR) is 113 cm³/mol. The molecule has 9 nitrogen and oxygen atoms in total. The second kappa shape index (κ2) is 8.26. The van der Waals surface area contributed by atoms with Gasteiger partial charge in [-0.05, 0) is 43.2 Å². The SMILES string of the molecule is COC(=O)c1ccc([C@H](C)Nc2cccc3c2C(=O)N(C2CCC(=O)NC2=O)C3=O)cc1. The van der Waals surface area contributed by atoms with E-state index in [0.29, 0.717) is 11.3 Å². The highest BCUT2D eigenvalue weighted by Crippen LogP contribution is 2.34. The van der Waals surface area contributed by atoms with Crippen molar-refractivity contribution < 1.29 is 28.7 Å². The number of hydrogen-bond acceptors (Lipinski definition) is 7. The van der Waals surface area contributed by atoms with E-state index < -0.39 is 35.6 Å². The maximum atomic E-state index is 13.2. The number of methoxy groups -OCH3 is 1. The summed E-state index contributed by atoms with van der Waals surface area (Å²) in [7, 11) is 1.31. The zero-order valence-electron chi connectivity index (χ0n) is 17.5. The van der Waals surface area contributed by atoms with E-state index in [9.17, 15) is 24.0 Å². The lowest BCUT2D eigenvalue weighted by Crippen LogP contribution is -2.54. The van der Waals surface area contributed by atoms with Crippen LogP contribution in [0.2, 0.25) is 0 Å². The molecule has 1 unspecified atom stereocenters. The summed E-state index contributed by atoms with van der Waals surface area (Å²) in [4.78, 5) is 62.4. The number of benzene rings is 2. The number of carbonyl (C=O) groups excluding carboxylic acids is 5. The molecule has 0 saturated carbocycles. The van der Waals surface area contributed by atoms with E-state index in [1.807, 2.05) is 6.92 Å². The number of hydrogen-bond donors (Lipinski definition) is 2. The normalized spacial score (nSPS) is 18.8. The number of anilines is 1. The first-order valence-corrected chi connectivity index (χ1v) is 10.1. The highest BCUT2D eigenvalue weighted by Gasteiger charge is 2.45. The number of nitrogens with one attached hydrogen (secondary N) is 2. The molecule has 2 aromatic rings. The zero-order valence-corrected chi connectivity index (χ0v) is 17.5. The lowest BCUT2D eigenvalue weighted by Gasteiger charge is -2.28. The molecule has 2 aliphatic rings. The van der Waals surface area contributed by atoms with E-state index in [2.05, 4.69) is 10.6 Å². The molecule has 2 heterocycles. The van der Waals surface area contributed by atoms with E-state index in [-0.39, 0.29) is 30.0 Å². The molecule has 4 amide bonds. The summed E-state index contributed by atoms with van der Waals surface area (Å²) < 4.78 is 4.70. The fraction of sp³-hybridized carbons (Fsp3) is 0.261. The minimum atomic E-state index is -1.02. The molecule has 9 heteroatoms. The Hall–Kier alpha value is -4.01. The molecule has 0 aromatic heterocycles. The van der Waals surface area contributed by atoms with Crippen LogP contribution < -0.4 is 10.6 Å². The third-order valence-corrected chi connectivity index (χ3v) is 5.67. The van der Waals surface area contributed by atoms with Crippen molar-refractivity contribution in [3.8, 4) is 0 Å². The van der Waals surface area contributed by atoms with Crippen LogP contribution in [0.4, 0.5) is 5.69 Å². The summed E-state index contributed by atoms with van der Waals surface area (Å²) in [6.07, 6.45) is 0.162. The van der Waals surface area contributed by atoms with E-state index in [1.54, 1.807) is 42.5 Å². The second-order valence-corrected chi connectivity index (χ2v) is 7.65. The minimum absolute atomic E-state index is 0.0630. The van der Waals surface area contributed by atoms with Gasteiger partial charge in [0.05, 0.1) is 23.8 Å². The smallest absolute Gasteiger partial charge is 0.337 e. The van der Waals surface area contributed by atoms with Crippen LogP contribution in [0.5, 0.6) is 0 Å². The van der Waals surface area contributed by atoms with Gasteiger partial charge in [-0.3, -0.25) is 29.4 Å². The fourth-order valence-electron chi connectivity index (χ4n) is 3.98. The Balaban J connectivity index is 1.58. The highest BCUT2D eigenvalue weighted by atomic mass is 16.5. The van der Waals surface area contributed by atoms with Gasteiger partial charge in [0.15, 0.2) is 0 Å². The second-order valence-electron chi connectivity index (χ2n) is 7.65. The summed E-state index contributed by atoms with van der Waals surface area (Å²) in [5.74, 6) is -2.63. The quantitative estimate of drug-likeness (QED) is 0.544. The number of fused-ring (bicyclic) bond motifs is 1. The highest BCUT2D eigenvalue weighted by molar-refractivity contribution is 6.25. The van der Waals surface area contributed by atoms with Crippen LogP contribution in [0.3, 0.4) is 0 Å². The van der Waals surface area contributed by atoms with Gasteiger partial charge in [-0.1, -0.05) is 18.2 Å². The number of piperidine rings is 1. The maximum absolute atomic E-state index is 13.2. The van der Waals surface area contributed by atoms with Crippen LogP contribution >= 0.6 is 0 Å². The summed E-state index contributed by atoms with van der Waals surface area (Å²) in [5, 5.41) is 5.43. The van der Waals surface area contributed by atoms with Crippen molar-refractivity contribution in [3.63, 3.8) is 0 Å². The summed E-state index contributed by atoms with van der Waals surface area (Å²) in [5.41, 5.74) is 2.14. The predicted octanol–water partition coefficient (Wildman–Crippen LogP) is 2.05. The van der Waals surface area contributed by atoms with Crippen LogP contribution in [0.15, 0.2) is 42.5 Å². The molecular formula is C23H21N3O6. The molecule has 1 fully saturated rings. The number of nitrogens with zero attached hydrogens (tertiary/aromatic N) is 1. The number of ether oxygens (including phenoxy) is 1. The van der Waals surface area contributed by atoms with Crippen LogP contribution in [-0.4, -0.2) is 47.6 Å². The number of carbonyl (C=O) groups is 5. The van der Waals surface area contributed by atoms with Gasteiger partial charge >= 0.3 is 5.97 Å². The molecule has 2 aliphatic heterocycles. The first-order valence-electron chi connectivity index (χ1n) is 10.1. The largest absolute Gasteiger partial charge is 0.465 e. The van der Waals surface area contributed by atoms with Gasteiger partial charge in [0, 0.05) is 18.2 Å². The Morgan fingerprint density at radius 1 is 1.09 bits per heavy atom. The fourth-order valence-corrected chi connectivity index (χ4v) is 3.98. The lowest BCUT2D eigenvalue weighted by molar-refractivity contribution is -0.136. The third-order valence-electron chi connectivity index (χ3n) is 5.67. The molecule has 2 aromatic carbocycles. The van der Waals surface area contributed by atoms with Gasteiger partial charge in [-0.2, -0.15) is 0 Å². The average molecular weight is 435 g/mol. The van der Waals surface area contributed by atoms with Gasteiger partial charge in [-0.25, -0.2) is 4.79 Å². The summed E-state index contributed by atoms with van der Waals surface area (Å²) >= 11 is 0. The molecule has 4 rings (SSSR count). The molecule has 0 bridgehead atoms. The van der Waals surface area contributed by atoms with Crippen LogP contribution in [0, 0.1) is 0 Å². The number of rotatable bonds is 5. The molecule has 2 atom stereocenters. The molecule has 0 spiro atoms. The van der Waals surface area contributed by atoms with Crippen molar-refractivity contribution in [2.75, 3.05) is 12.4 Å². The number of amides is 4. The van der Waals surface area contributed by atoms with Crippen molar-refractivity contribution in [2.24, 2.45) is 0 Å². The molecule has 32 heavy (non-hydrogen) atoms. The summed E-state index contributed by atoms with van der Waals surface area (Å²) in [6.45, 7) is 1.88. The van der Waals surface area contributed by atoms with Gasteiger partial charge in [0.1, 0.15) is 6.04 Å². The van der Waals surface area contributed by atoms with Crippen LogP contribution in [0.1, 0.15) is 62.4 Å². The van der Waals surface area contributed by atoms with Crippen molar-refractivity contribution in [2.45, 2.75) is 31.8 Å². The number of imide groups is 2. The lowest BCUT2D eigenvalue weighted by atomic mass is 10.0. The summed E-state index contributed by atoms with van der Waals surface area (Å²) in [6, 6.07) is 10.5. The molecule has 1 saturated heterocycles. The zero-order chi connectivity index (χ0) is 23.0. The van der Waals surface area contributed by atoms with E-state index in [0.717, 1.165) is 10.5 Å². The Morgan fingerprint density at radius 2 is 1.81 bits per heavy atom. The van der Waals surface area contributed by atoms with Crippen molar-refractivity contribution in [1.29, 1.82) is 0 Å². The van der Waals surface area contributed by atoms with E-state index in [1.165, 1.54) is 7.11 Å². The van der Waals surface area contributed by atoms with Gasteiger partial charge < -0.3 is 10.1 Å². The first-order chi connectivity index (χ1) is 15.3. The molecule has 2 N–H and O–H groups in total.